The number of amides is 4. The molecule has 0 radical (unpaired) electrons. The number of likely N-dealkylation sites (tertiary alicyclic amines) is 1. The van der Waals surface area contributed by atoms with Gasteiger partial charge in [-0.15, -0.1) is 0 Å². The quantitative estimate of drug-likeness (QED) is 0.767. The predicted molar refractivity (Wildman–Crippen MR) is 84.6 cm³/mol. The van der Waals surface area contributed by atoms with E-state index in [1.807, 2.05) is 18.2 Å². The van der Waals surface area contributed by atoms with Crippen molar-refractivity contribution >= 4 is 17.8 Å². The maximum atomic E-state index is 12.5. The normalized spacial score (nSPS) is 21.2. The third kappa shape index (κ3) is 2.50. The Morgan fingerprint density at radius 1 is 1.25 bits per heavy atom. The molecule has 1 aromatic rings. The molecule has 126 valence electrons. The van der Waals surface area contributed by atoms with Crippen LogP contribution in [-0.2, 0) is 22.4 Å². The zero-order chi connectivity index (χ0) is 16.7. The van der Waals surface area contributed by atoms with Gasteiger partial charge in [-0.3, -0.25) is 14.9 Å². The Balaban J connectivity index is 1.38. The fourth-order valence-corrected chi connectivity index (χ4v) is 3.65. The van der Waals surface area contributed by atoms with E-state index < -0.39 is 11.6 Å². The minimum absolute atomic E-state index is 0.0495. The Bertz CT molecular complexity index is 723. The summed E-state index contributed by atoms with van der Waals surface area (Å²) in [5, 5.41) is 4.99. The number of urea groups is 1. The van der Waals surface area contributed by atoms with Crippen molar-refractivity contribution in [3.8, 4) is 5.75 Å². The predicted octanol–water partition coefficient (Wildman–Crippen LogP) is 0.365. The lowest BCUT2D eigenvalue weighted by atomic mass is 9.87. The number of nitrogens with one attached hydrogen (secondary N) is 2. The molecule has 7 heteroatoms. The first kappa shape index (κ1) is 15.0. The molecule has 0 aliphatic carbocycles. The summed E-state index contributed by atoms with van der Waals surface area (Å²) in [5.41, 5.74) is 1.30. The second kappa shape index (κ2) is 5.51. The Morgan fingerprint density at radius 2 is 2.04 bits per heavy atom. The van der Waals surface area contributed by atoms with Crippen molar-refractivity contribution in [1.82, 2.24) is 15.5 Å². The minimum Gasteiger partial charge on any atom is -0.493 e. The van der Waals surface area contributed by atoms with Crippen LogP contribution >= 0.6 is 0 Å². The summed E-state index contributed by atoms with van der Waals surface area (Å²) < 4.78 is 5.48. The molecule has 0 bridgehead atoms. The van der Waals surface area contributed by atoms with E-state index in [0.29, 0.717) is 39.0 Å². The van der Waals surface area contributed by atoms with E-state index >= 15 is 0 Å². The maximum absolute atomic E-state index is 12.5. The van der Waals surface area contributed by atoms with Crippen LogP contribution in [0, 0.1) is 0 Å². The van der Waals surface area contributed by atoms with Gasteiger partial charge in [0.05, 0.1) is 13.0 Å². The average Bonchev–Trinajstić information content (AvgIpc) is 3.12. The highest BCUT2D eigenvalue weighted by Crippen LogP contribution is 2.28. The highest BCUT2D eigenvalue weighted by atomic mass is 16.5. The number of nitrogens with zero attached hydrogens (tertiary/aromatic N) is 1. The van der Waals surface area contributed by atoms with Gasteiger partial charge in [-0.25, -0.2) is 4.79 Å². The zero-order valence-electron chi connectivity index (χ0n) is 13.3. The number of fused-ring (bicyclic) bond motifs is 1. The van der Waals surface area contributed by atoms with E-state index in [9.17, 15) is 14.4 Å². The van der Waals surface area contributed by atoms with Gasteiger partial charge in [-0.2, -0.15) is 0 Å². The lowest BCUT2D eigenvalue weighted by Gasteiger charge is -2.37. The van der Waals surface area contributed by atoms with E-state index in [4.69, 9.17) is 4.74 Å². The van der Waals surface area contributed by atoms with Gasteiger partial charge in [0.15, 0.2) is 0 Å². The molecule has 0 aromatic heterocycles. The first-order chi connectivity index (χ1) is 11.6. The Morgan fingerprint density at radius 3 is 2.75 bits per heavy atom. The van der Waals surface area contributed by atoms with E-state index in [-0.39, 0.29) is 11.8 Å². The molecule has 3 aliphatic rings. The van der Waals surface area contributed by atoms with E-state index in [2.05, 4.69) is 10.6 Å². The second-order valence-electron chi connectivity index (χ2n) is 6.59. The molecule has 24 heavy (non-hydrogen) atoms. The smallest absolute Gasteiger partial charge is 0.322 e. The molecule has 3 heterocycles. The molecule has 3 aliphatic heterocycles. The number of benzene rings is 1. The fourth-order valence-electron chi connectivity index (χ4n) is 3.65. The summed E-state index contributed by atoms with van der Waals surface area (Å²) >= 11 is 0. The van der Waals surface area contributed by atoms with Gasteiger partial charge < -0.3 is 15.0 Å². The van der Waals surface area contributed by atoms with Crippen LogP contribution in [0.15, 0.2) is 18.2 Å². The number of imide groups is 1. The number of piperidine rings is 1. The maximum Gasteiger partial charge on any atom is 0.322 e. The van der Waals surface area contributed by atoms with Crippen molar-refractivity contribution in [3.63, 3.8) is 0 Å². The van der Waals surface area contributed by atoms with Crippen LogP contribution in [0.3, 0.4) is 0 Å². The standard InChI is InChI=1S/C17H19N3O4/c21-14(10-11-1-2-13-12(9-11)3-8-24-13)20-6-4-17(5-7-20)15(22)18-16(23)19-17/h1-2,9H,3-8,10H2,(H2,18,19,22,23). The molecule has 1 aromatic carbocycles. The molecular weight excluding hydrogens is 310 g/mol. The number of carbonyl (C=O) groups is 3. The molecule has 7 nitrogen and oxygen atoms in total. The number of rotatable bonds is 2. The lowest BCUT2D eigenvalue weighted by molar-refractivity contribution is -0.135. The first-order valence-corrected chi connectivity index (χ1v) is 8.22. The average molecular weight is 329 g/mol. The van der Waals surface area contributed by atoms with Gasteiger partial charge in [0.1, 0.15) is 11.3 Å². The van der Waals surface area contributed by atoms with E-state index in [1.165, 1.54) is 0 Å². The summed E-state index contributed by atoms with van der Waals surface area (Å²) in [5.74, 6) is 0.681. The van der Waals surface area contributed by atoms with Crippen LogP contribution in [-0.4, -0.2) is 48.0 Å². The molecule has 1 spiro atoms. The number of carbonyl (C=O) groups excluding carboxylic acids is 3. The molecule has 0 atom stereocenters. The number of ether oxygens (including phenoxy) is 1. The van der Waals surface area contributed by atoms with Crippen LogP contribution in [0.4, 0.5) is 4.79 Å². The molecule has 0 unspecified atom stereocenters. The van der Waals surface area contributed by atoms with Crippen molar-refractivity contribution in [2.45, 2.75) is 31.2 Å². The summed E-state index contributed by atoms with van der Waals surface area (Å²) in [6.45, 7) is 1.65. The highest BCUT2D eigenvalue weighted by molar-refractivity contribution is 6.07. The highest BCUT2D eigenvalue weighted by Gasteiger charge is 2.48. The summed E-state index contributed by atoms with van der Waals surface area (Å²) in [4.78, 5) is 37.6. The summed E-state index contributed by atoms with van der Waals surface area (Å²) in [7, 11) is 0. The molecular formula is C17H19N3O4. The number of hydrogen-bond donors (Lipinski definition) is 2. The zero-order valence-corrected chi connectivity index (χ0v) is 13.3. The Labute approximate surface area is 139 Å². The van der Waals surface area contributed by atoms with Crippen LogP contribution < -0.4 is 15.4 Å². The van der Waals surface area contributed by atoms with Crippen molar-refractivity contribution < 1.29 is 19.1 Å². The lowest BCUT2D eigenvalue weighted by Crippen LogP contribution is -2.55. The van der Waals surface area contributed by atoms with Gasteiger partial charge in [0, 0.05) is 19.5 Å². The molecule has 2 N–H and O–H groups in total. The molecule has 4 rings (SSSR count). The SMILES string of the molecule is O=C1NC(=O)C2(CCN(C(=O)Cc3ccc4c(c3)CCO4)CC2)N1. The van der Waals surface area contributed by atoms with Gasteiger partial charge in [-0.05, 0) is 30.0 Å². The monoisotopic (exact) mass is 329 g/mol. The third-order valence-corrected chi connectivity index (χ3v) is 5.09. The van der Waals surface area contributed by atoms with Crippen LogP contribution in [0.1, 0.15) is 24.0 Å². The molecule has 2 fully saturated rings. The van der Waals surface area contributed by atoms with Crippen LogP contribution in [0.5, 0.6) is 5.75 Å². The van der Waals surface area contributed by atoms with Crippen molar-refractivity contribution in [1.29, 1.82) is 0 Å². The van der Waals surface area contributed by atoms with Crippen molar-refractivity contribution in [2.24, 2.45) is 0 Å². The van der Waals surface area contributed by atoms with Gasteiger partial charge in [0.2, 0.25) is 5.91 Å². The van der Waals surface area contributed by atoms with Crippen molar-refractivity contribution in [3.05, 3.63) is 29.3 Å². The molecule has 2 saturated heterocycles. The number of hydrogen-bond acceptors (Lipinski definition) is 4. The summed E-state index contributed by atoms with van der Waals surface area (Å²) in [6, 6.07) is 5.45. The largest absolute Gasteiger partial charge is 0.493 e. The van der Waals surface area contributed by atoms with Crippen LogP contribution in [0.2, 0.25) is 0 Å². The second-order valence-corrected chi connectivity index (χ2v) is 6.59. The van der Waals surface area contributed by atoms with Crippen molar-refractivity contribution in [2.75, 3.05) is 19.7 Å². The molecule has 0 saturated carbocycles. The van der Waals surface area contributed by atoms with E-state index in [0.717, 1.165) is 23.3 Å². The third-order valence-electron chi connectivity index (χ3n) is 5.09. The van der Waals surface area contributed by atoms with Gasteiger partial charge in [-0.1, -0.05) is 12.1 Å². The summed E-state index contributed by atoms with van der Waals surface area (Å²) in [6.07, 6.45) is 2.14. The van der Waals surface area contributed by atoms with Crippen LogP contribution in [0.25, 0.3) is 0 Å². The topological polar surface area (TPSA) is 87.7 Å². The Kier molecular flexibility index (Phi) is 3.44. The van der Waals surface area contributed by atoms with Gasteiger partial charge in [0.25, 0.3) is 5.91 Å². The Hall–Kier alpha value is -2.57. The van der Waals surface area contributed by atoms with Gasteiger partial charge >= 0.3 is 6.03 Å². The molecule has 4 amide bonds. The minimum atomic E-state index is -0.835. The fraction of sp³-hybridized carbons (Fsp3) is 0.471. The van der Waals surface area contributed by atoms with E-state index in [1.54, 1.807) is 4.90 Å². The first-order valence-electron chi connectivity index (χ1n) is 8.22.